The van der Waals surface area contributed by atoms with Crippen LogP contribution in [0.4, 0.5) is 4.39 Å². The Labute approximate surface area is 103 Å². The third kappa shape index (κ3) is 2.81. The van der Waals surface area contributed by atoms with Gasteiger partial charge in [-0.25, -0.2) is 14.4 Å². The Kier molecular flexibility index (Phi) is 3.71. The summed E-state index contributed by atoms with van der Waals surface area (Å²) < 4.78 is 13.7. The van der Waals surface area contributed by atoms with E-state index in [2.05, 4.69) is 9.97 Å². The van der Waals surface area contributed by atoms with Gasteiger partial charge in [0.05, 0.1) is 11.0 Å². The van der Waals surface area contributed by atoms with Gasteiger partial charge in [0, 0.05) is 12.4 Å². The zero-order valence-electron chi connectivity index (χ0n) is 9.17. The Balaban J connectivity index is 2.38. The predicted octanol–water partition coefficient (Wildman–Crippen LogP) is 2.82. The minimum absolute atomic E-state index is 0.369. The summed E-state index contributed by atoms with van der Waals surface area (Å²) in [5.74, 6) is -0.374. The molecule has 3 nitrogen and oxygen atoms in total. The SMILES string of the molecule is C[C@H](O)c1cccc(F)c1Sc1ncccn1. The lowest BCUT2D eigenvalue weighted by Crippen LogP contribution is -1.97. The quantitative estimate of drug-likeness (QED) is 0.851. The van der Waals surface area contributed by atoms with Gasteiger partial charge in [-0.05, 0) is 36.4 Å². The molecule has 0 saturated heterocycles. The van der Waals surface area contributed by atoms with Gasteiger partial charge in [-0.3, -0.25) is 0 Å². The maximum atomic E-state index is 13.7. The minimum atomic E-state index is -0.725. The normalized spacial score (nSPS) is 12.4. The number of aliphatic hydroxyl groups is 1. The van der Waals surface area contributed by atoms with E-state index in [9.17, 15) is 9.50 Å². The van der Waals surface area contributed by atoms with Crippen molar-refractivity contribution in [2.24, 2.45) is 0 Å². The molecule has 0 saturated carbocycles. The number of nitrogens with zero attached hydrogens (tertiary/aromatic N) is 2. The predicted molar refractivity (Wildman–Crippen MR) is 63.2 cm³/mol. The molecule has 5 heteroatoms. The maximum absolute atomic E-state index is 13.7. The highest BCUT2D eigenvalue weighted by molar-refractivity contribution is 7.99. The van der Waals surface area contributed by atoms with Crippen molar-refractivity contribution in [3.05, 3.63) is 48.0 Å². The average molecular weight is 250 g/mol. The van der Waals surface area contributed by atoms with Crippen LogP contribution >= 0.6 is 11.8 Å². The Bertz CT molecular complexity index is 505. The molecule has 0 fully saturated rings. The first-order valence-electron chi connectivity index (χ1n) is 5.10. The van der Waals surface area contributed by atoms with Crippen molar-refractivity contribution in [1.82, 2.24) is 9.97 Å². The van der Waals surface area contributed by atoms with Gasteiger partial charge in [0.15, 0.2) is 5.16 Å². The molecule has 0 aliphatic carbocycles. The zero-order chi connectivity index (χ0) is 12.3. The summed E-state index contributed by atoms with van der Waals surface area (Å²) in [6.45, 7) is 1.60. The third-order valence-corrected chi connectivity index (χ3v) is 3.21. The molecule has 0 aliphatic heterocycles. The van der Waals surface area contributed by atoms with E-state index >= 15 is 0 Å². The highest BCUT2D eigenvalue weighted by Gasteiger charge is 2.14. The monoisotopic (exact) mass is 250 g/mol. The summed E-state index contributed by atoms with van der Waals surface area (Å²) in [5.41, 5.74) is 0.544. The van der Waals surface area contributed by atoms with Crippen LogP contribution in [0.15, 0.2) is 46.7 Å². The fourth-order valence-electron chi connectivity index (χ4n) is 1.39. The second-order valence-electron chi connectivity index (χ2n) is 3.47. The van der Waals surface area contributed by atoms with Crippen molar-refractivity contribution >= 4 is 11.8 Å². The van der Waals surface area contributed by atoms with Crippen molar-refractivity contribution in [3.63, 3.8) is 0 Å². The number of aliphatic hydroxyl groups excluding tert-OH is 1. The molecule has 0 spiro atoms. The smallest absolute Gasteiger partial charge is 0.192 e. The molecule has 88 valence electrons. The second-order valence-corrected chi connectivity index (χ2v) is 4.45. The molecule has 0 radical (unpaired) electrons. The molecule has 1 N–H and O–H groups in total. The molecule has 1 aromatic heterocycles. The van der Waals surface area contributed by atoms with Gasteiger partial charge in [-0.1, -0.05) is 12.1 Å². The summed E-state index contributed by atoms with van der Waals surface area (Å²) in [6.07, 6.45) is 2.47. The molecule has 0 unspecified atom stereocenters. The Morgan fingerprint density at radius 3 is 2.59 bits per heavy atom. The van der Waals surface area contributed by atoms with Crippen LogP contribution in [0.1, 0.15) is 18.6 Å². The topological polar surface area (TPSA) is 46.0 Å². The van der Waals surface area contributed by atoms with Crippen molar-refractivity contribution in [1.29, 1.82) is 0 Å². The highest BCUT2D eigenvalue weighted by atomic mass is 32.2. The number of hydrogen-bond acceptors (Lipinski definition) is 4. The fraction of sp³-hybridized carbons (Fsp3) is 0.167. The molecule has 0 bridgehead atoms. The molecular formula is C12H11FN2OS. The standard InChI is InChI=1S/C12H11FN2OS/c1-8(16)9-4-2-5-10(13)11(9)17-12-14-6-3-7-15-12/h2-8,16H,1H3/t8-/m0/s1. The number of aromatic nitrogens is 2. The summed E-state index contributed by atoms with van der Waals surface area (Å²) in [5, 5.41) is 10.0. The number of hydrogen-bond donors (Lipinski definition) is 1. The molecule has 2 aromatic rings. The second kappa shape index (κ2) is 5.25. The number of halogens is 1. The maximum Gasteiger partial charge on any atom is 0.192 e. The van der Waals surface area contributed by atoms with E-state index in [0.29, 0.717) is 15.6 Å². The number of rotatable bonds is 3. The van der Waals surface area contributed by atoms with Crippen LogP contribution in [0.25, 0.3) is 0 Å². The Morgan fingerprint density at radius 2 is 1.94 bits per heavy atom. The van der Waals surface area contributed by atoms with Gasteiger partial charge >= 0.3 is 0 Å². The molecule has 17 heavy (non-hydrogen) atoms. The molecule has 1 heterocycles. The van der Waals surface area contributed by atoms with Crippen molar-refractivity contribution < 1.29 is 9.50 Å². The van der Waals surface area contributed by atoms with Crippen LogP contribution in [-0.2, 0) is 0 Å². The van der Waals surface area contributed by atoms with Crippen LogP contribution < -0.4 is 0 Å². The van der Waals surface area contributed by atoms with E-state index in [-0.39, 0.29) is 5.82 Å². The van der Waals surface area contributed by atoms with E-state index < -0.39 is 6.10 Å². The number of benzene rings is 1. The summed E-state index contributed by atoms with van der Waals surface area (Å²) in [4.78, 5) is 8.41. The first kappa shape index (κ1) is 12.0. The van der Waals surface area contributed by atoms with Crippen molar-refractivity contribution in [3.8, 4) is 0 Å². The van der Waals surface area contributed by atoms with Gasteiger partial charge in [0.2, 0.25) is 0 Å². The summed E-state index contributed by atoms with van der Waals surface area (Å²) >= 11 is 1.11. The van der Waals surface area contributed by atoms with Crippen molar-refractivity contribution in [2.45, 2.75) is 23.1 Å². The molecule has 0 aliphatic rings. The van der Waals surface area contributed by atoms with E-state index in [0.717, 1.165) is 11.8 Å². The first-order chi connectivity index (χ1) is 8.18. The average Bonchev–Trinajstić information content (AvgIpc) is 2.33. The van der Waals surface area contributed by atoms with Crippen LogP contribution in [0.3, 0.4) is 0 Å². The minimum Gasteiger partial charge on any atom is -0.389 e. The fourth-order valence-corrected chi connectivity index (χ4v) is 2.32. The zero-order valence-corrected chi connectivity index (χ0v) is 9.99. The van der Waals surface area contributed by atoms with Gasteiger partial charge < -0.3 is 5.11 Å². The van der Waals surface area contributed by atoms with Gasteiger partial charge in [-0.15, -0.1) is 0 Å². The van der Waals surface area contributed by atoms with E-state index in [1.165, 1.54) is 6.07 Å². The third-order valence-electron chi connectivity index (χ3n) is 2.18. The molecule has 1 aromatic carbocycles. The van der Waals surface area contributed by atoms with Gasteiger partial charge in [-0.2, -0.15) is 0 Å². The Hall–Kier alpha value is -1.46. The first-order valence-corrected chi connectivity index (χ1v) is 5.91. The van der Waals surface area contributed by atoms with E-state index in [4.69, 9.17) is 0 Å². The van der Waals surface area contributed by atoms with Crippen LogP contribution in [0.2, 0.25) is 0 Å². The molecular weight excluding hydrogens is 239 g/mol. The van der Waals surface area contributed by atoms with Crippen LogP contribution in [0.5, 0.6) is 0 Å². The van der Waals surface area contributed by atoms with Crippen LogP contribution in [-0.4, -0.2) is 15.1 Å². The Morgan fingerprint density at radius 1 is 1.24 bits per heavy atom. The largest absolute Gasteiger partial charge is 0.389 e. The van der Waals surface area contributed by atoms with Crippen LogP contribution in [0, 0.1) is 5.82 Å². The lowest BCUT2D eigenvalue weighted by Gasteiger charge is -2.11. The lowest BCUT2D eigenvalue weighted by atomic mass is 10.1. The summed E-state index contributed by atoms with van der Waals surface area (Å²) in [6, 6.07) is 6.32. The lowest BCUT2D eigenvalue weighted by molar-refractivity contribution is 0.195. The van der Waals surface area contributed by atoms with E-state index in [1.807, 2.05) is 0 Å². The van der Waals surface area contributed by atoms with Gasteiger partial charge in [0.1, 0.15) is 5.82 Å². The van der Waals surface area contributed by atoms with Gasteiger partial charge in [0.25, 0.3) is 0 Å². The van der Waals surface area contributed by atoms with E-state index in [1.54, 1.807) is 37.5 Å². The molecule has 2 rings (SSSR count). The highest BCUT2D eigenvalue weighted by Crippen LogP contribution is 2.33. The molecule has 0 amide bonds. The van der Waals surface area contributed by atoms with Crippen molar-refractivity contribution in [2.75, 3.05) is 0 Å². The summed E-state index contributed by atoms with van der Waals surface area (Å²) in [7, 11) is 0. The molecule has 1 atom stereocenters.